The Balaban J connectivity index is 3.25. The van der Waals surface area contributed by atoms with Crippen LogP contribution in [0, 0.1) is 0 Å². The Morgan fingerprint density at radius 3 is 2.35 bits per heavy atom. The maximum absolute atomic E-state index is 11.3. The predicted octanol–water partition coefficient (Wildman–Crippen LogP) is 0.825. The summed E-state index contributed by atoms with van der Waals surface area (Å²) in [6, 6.07) is 0. The Bertz CT molecular complexity index is 224. The Hall–Kier alpha value is -0.590. The monoisotopic (exact) mass is 263 g/mol. The van der Waals surface area contributed by atoms with E-state index in [1.807, 2.05) is 6.92 Å². The summed E-state index contributed by atoms with van der Waals surface area (Å²) in [5.41, 5.74) is 0. The second-order valence-corrected chi connectivity index (χ2v) is 4.34. The summed E-state index contributed by atoms with van der Waals surface area (Å²) in [7, 11) is 1.55. The van der Waals surface area contributed by atoms with Gasteiger partial charge in [-0.15, -0.1) is 0 Å². The lowest BCUT2D eigenvalue weighted by Gasteiger charge is -2.04. The number of rotatable bonds is 10. The Kier molecular flexibility index (Phi) is 11.5. The number of carbonyl (C=O) groups is 2. The zero-order chi connectivity index (χ0) is 12.9. The first-order valence-electron chi connectivity index (χ1n) is 5.72. The third kappa shape index (κ3) is 11.7. The lowest BCUT2D eigenvalue weighted by Crippen LogP contribution is -2.20. The molecule has 0 aliphatic heterocycles. The summed E-state index contributed by atoms with van der Waals surface area (Å²) in [5, 5.41) is 2.43. The summed E-state index contributed by atoms with van der Waals surface area (Å²) >= 11 is 1.02. The summed E-state index contributed by atoms with van der Waals surface area (Å²) in [6.07, 6.45) is 1.32. The molecule has 5 nitrogen and oxygen atoms in total. The highest BCUT2D eigenvalue weighted by atomic mass is 32.2. The SMILES string of the molecule is CCCOCCOCCC(=O)SCC(=O)NC. The molecule has 0 aromatic rings. The number of carbonyl (C=O) groups excluding carboxylic acids is 2. The van der Waals surface area contributed by atoms with Crippen molar-refractivity contribution in [2.24, 2.45) is 0 Å². The van der Waals surface area contributed by atoms with Crippen molar-refractivity contribution in [2.75, 3.05) is 39.2 Å². The predicted molar refractivity (Wildman–Crippen MR) is 68.1 cm³/mol. The molecule has 100 valence electrons. The standard InChI is InChI=1S/C11H21NO4S/c1-3-5-15-7-8-16-6-4-11(14)17-9-10(13)12-2/h3-9H2,1-2H3,(H,12,13). The van der Waals surface area contributed by atoms with Gasteiger partial charge in [0, 0.05) is 20.1 Å². The molecule has 0 radical (unpaired) electrons. The molecular formula is C11H21NO4S. The van der Waals surface area contributed by atoms with Crippen molar-refractivity contribution in [2.45, 2.75) is 19.8 Å². The highest BCUT2D eigenvalue weighted by Gasteiger charge is 2.05. The molecule has 0 spiro atoms. The van der Waals surface area contributed by atoms with Gasteiger partial charge in [0.2, 0.25) is 5.91 Å². The Morgan fingerprint density at radius 2 is 1.76 bits per heavy atom. The molecule has 0 fully saturated rings. The molecule has 17 heavy (non-hydrogen) atoms. The second kappa shape index (κ2) is 11.9. The van der Waals surface area contributed by atoms with Crippen molar-refractivity contribution >= 4 is 22.8 Å². The molecule has 0 aliphatic carbocycles. The molecule has 1 N–H and O–H groups in total. The Labute approximate surface area is 107 Å². The fourth-order valence-corrected chi connectivity index (χ4v) is 1.58. The summed E-state index contributed by atoms with van der Waals surface area (Å²) < 4.78 is 10.4. The summed E-state index contributed by atoms with van der Waals surface area (Å²) in [5.74, 6) is 0.0341. The van der Waals surface area contributed by atoms with Gasteiger partial charge < -0.3 is 14.8 Å². The fraction of sp³-hybridized carbons (Fsp3) is 0.818. The molecule has 0 bridgehead atoms. The summed E-state index contributed by atoms with van der Waals surface area (Å²) in [6.45, 7) is 4.24. The van der Waals surface area contributed by atoms with Crippen molar-refractivity contribution in [3.8, 4) is 0 Å². The van der Waals surface area contributed by atoms with Crippen molar-refractivity contribution in [3.05, 3.63) is 0 Å². The van der Waals surface area contributed by atoms with E-state index in [0.717, 1.165) is 24.8 Å². The molecule has 0 saturated carbocycles. The third-order valence-corrected chi connectivity index (χ3v) is 2.75. The van der Waals surface area contributed by atoms with Crippen LogP contribution in [0.2, 0.25) is 0 Å². The van der Waals surface area contributed by atoms with Crippen molar-refractivity contribution in [1.82, 2.24) is 5.32 Å². The quantitative estimate of drug-likeness (QED) is 0.591. The topological polar surface area (TPSA) is 64.6 Å². The zero-order valence-corrected chi connectivity index (χ0v) is 11.3. The van der Waals surface area contributed by atoms with Gasteiger partial charge in [-0.05, 0) is 6.42 Å². The van der Waals surface area contributed by atoms with Crippen LogP contribution in [0.3, 0.4) is 0 Å². The van der Waals surface area contributed by atoms with Gasteiger partial charge in [0.15, 0.2) is 5.12 Å². The van der Waals surface area contributed by atoms with Crippen LogP contribution in [0.25, 0.3) is 0 Å². The summed E-state index contributed by atoms with van der Waals surface area (Å²) in [4.78, 5) is 22.1. The first kappa shape index (κ1) is 16.4. The minimum atomic E-state index is -0.141. The van der Waals surface area contributed by atoms with Gasteiger partial charge in [-0.25, -0.2) is 0 Å². The van der Waals surface area contributed by atoms with Crippen molar-refractivity contribution in [1.29, 1.82) is 0 Å². The van der Waals surface area contributed by atoms with Gasteiger partial charge in [-0.1, -0.05) is 18.7 Å². The van der Waals surface area contributed by atoms with E-state index in [1.165, 1.54) is 0 Å². The Morgan fingerprint density at radius 1 is 1.12 bits per heavy atom. The van der Waals surface area contributed by atoms with E-state index in [9.17, 15) is 9.59 Å². The lowest BCUT2D eigenvalue weighted by molar-refractivity contribution is -0.118. The number of hydrogen-bond donors (Lipinski definition) is 1. The average molecular weight is 263 g/mol. The largest absolute Gasteiger partial charge is 0.379 e. The maximum atomic E-state index is 11.3. The molecule has 0 unspecified atom stereocenters. The lowest BCUT2D eigenvalue weighted by atomic mass is 10.5. The molecule has 0 saturated heterocycles. The van der Waals surface area contributed by atoms with Crippen LogP contribution >= 0.6 is 11.8 Å². The van der Waals surface area contributed by atoms with Crippen LogP contribution < -0.4 is 5.32 Å². The molecule has 6 heteroatoms. The molecule has 0 aromatic heterocycles. The van der Waals surface area contributed by atoms with Crippen LogP contribution in [0.1, 0.15) is 19.8 Å². The number of hydrogen-bond acceptors (Lipinski definition) is 5. The van der Waals surface area contributed by atoms with E-state index in [0.29, 0.717) is 26.2 Å². The van der Waals surface area contributed by atoms with Crippen LogP contribution in [0.4, 0.5) is 0 Å². The van der Waals surface area contributed by atoms with E-state index >= 15 is 0 Å². The van der Waals surface area contributed by atoms with Gasteiger partial charge in [-0.2, -0.15) is 0 Å². The third-order valence-electron chi connectivity index (χ3n) is 1.81. The normalized spacial score (nSPS) is 10.2. The number of thioether (sulfide) groups is 1. The molecule has 0 aliphatic rings. The van der Waals surface area contributed by atoms with Gasteiger partial charge in [0.25, 0.3) is 0 Å². The first-order valence-corrected chi connectivity index (χ1v) is 6.71. The van der Waals surface area contributed by atoms with E-state index in [2.05, 4.69) is 5.32 Å². The number of ether oxygens (including phenoxy) is 2. The molecule has 0 aromatic carbocycles. The first-order chi connectivity index (χ1) is 8.20. The molecule has 0 atom stereocenters. The molecular weight excluding hydrogens is 242 g/mol. The minimum absolute atomic E-state index is 0.0249. The highest BCUT2D eigenvalue weighted by molar-refractivity contribution is 8.14. The highest BCUT2D eigenvalue weighted by Crippen LogP contribution is 2.04. The van der Waals surface area contributed by atoms with Crippen LogP contribution in [-0.4, -0.2) is 50.3 Å². The minimum Gasteiger partial charge on any atom is -0.379 e. The smallest absolute Gasteiger partial charge is 0.230 e. The maximum Gasteiger partial charge on any atom is 0.230 e. The van der Waals surface area contributed by atoms with Crippen LogP contribution in [-0.2, 0) is 19.1 Å². The second-order valence-electron chi connectivity index (χ2n) is 3.31. The van der Waals surface area contributed by atoms with E-state index in [-0.39, 0.29) is 16.8 Å². The van der Waals surface area contributed by atoms with Gasteiger partial charge in [-0.3, -0.25) is 9.59 Å². The molecule has 0 rings (SSSR count). The number of nitrogens with one attached hydrogen (secondary N) is 1. The van der Waals surface area contributed by atoms with Crippen LogP contribution in [0.15, 0.2) is 0 Å². The van der Waals surface area contributed by atoms with E-state index in [1.54, 1.807) is 7.05 Å². The van der Waals surface area contributed by atoms with E-state index in [4.69, 9.17) is 9.47 Å². The average Bonchev–Trinajstić information content (AvgIpc) is 2.34. The van der Waals surface area contributed by atoms with Crippen LogP contribution in [0.5, 0.6) is 0 Å². The van der Waals surface area contributed by atoms with Crippen molar-refractivity contribution < 1.29 is 19.1 Å². The van der Waals surface area contributed by atoms with Gasteiger partial charge in [0.05, 0.1) is 25.6 Å². The molecule has 1 amide bonds. The van der Waals surface area contributed by atoms with Gasteiger partial charge in [0.1, 0.15) is 0 Å². The van der Waals surface area contributed by atoms with Gasteiger partial charge >= 0.3 is 0 Å². The van der Waals surface area contributed by atoms with Crippen molar-refractivity contribution in [3.63, 3.8) is 0 Å². The number of amides is 1. The molecule has 0 heterocycles. The zero-order valence-electron chi connectivity index (χ0n) is 10.5. The van der Waals surface area contributed by atoms with E-state index < -0.39 is 0 Å². The fourth-order valence-electron chi connectivity index (χ4n) is 0.912.